The van der Waals surface area contributed by atoms with E-state index in [1.165, 1.54) is 12.1 Å². The van der Waals surface area contributed by atoms with Gasteiger partial charge in [0.05, 0.1) is 6.10 Å². The Morgan fingerprint density at radius 3 is 2.71 bits per heavy atom. The van der Waals surface area contributed by atoms with Crippen LogP contribution in [0.5, 0.6) is 5.75 Å². The number of ether oxygens (including phenoxy) is 2. The van der Waals surface area contributed by atoms with Crippen molar-refractivity contribution in [2.45, 2.75) is 38.1 Å². The first-order valence-corrected chi connectivity index (χ1v) is 7.25. The number of hydrogen-bond acceptors (Lipinski definition) is 4. The van der Waals surface area contributed by atoms with Crippen LogP contribution in [0.1, 0.15) is 18.4 Å². The van der Waals surface area contributed by atoms with Crippen LogP contribution in [-0.4, -0.2) is 37.4 Å². The molecule has 1 amide bonds. The molecule has 136 valence electrons. The van der Waals surface area contributed by atoms with E-state index in [0.717, 1.165) is 0 Å². The van der Waals surface area contributed by atoms with Gasteiger partial charge in [-0.3, -0.25) is 4.79 Å². The molecule has 0 radical (unpaired) electrons. The van der Waals surface area contributed by atoms with Crippen molar-refractivity contribution in [3.05, 3.63) is 23.8 Å². The van der Waals surface area contributed by atoms with Gasteiger partial charge in [0.15, 0.2) is 6.61 Å². The standard InChI is InChI=1S/C15H19F3N2O3.ClH/c1-9-11(3-2-4-12(9)22-8-15(16,17)18)20-14(21)13-6-5-10(7-19)23-13;/h2-4,10,13H,5-8,19H2,1H3,(H,20,21);1H/t10-,13+;/m1./s1. The maximum atomic E-state index is 12.2. The lowest BCUT2D eigenvalue weighted by molar-refractivity contribution is -0.153. The van der Waals surface area contributed by atoms with Gasteiger partial charge in [0, 0.05) is 17.8 Å². The number of anilines is 1. The second kappa shape index (κ2) is 8.55. The van der Waals surface area contributed by atoms with E-state index >= 15 is 0 Å². The van der Waals surface area contributed by atoms with Crippen molar-refractivity contribution in [1.29, 1.82) is 0 Å². The monoisotopic (exact) mass is 368 g/mol. The lowest BCUT2D eigenvalue weighted by atomic mass is 10.1. The molecule has 24 heavy (non-hydrogen) atoms. The van der Waals surface area contributed by atoms with Crippen LogP contribution < -0.4 is 15.8 Å². The molecular formula is C15H20ClF3N2O3. The molecule has 5 nitrogen and oxygen atoms in total. The summed E-state index contributed by atoms with van der Waals surface area (Å²) in [5.41, 5.74) is 6.32. The molecule has 1 aliphatic rings. The molecule has 2 rings (SSSR count). The first-order chi connectivity index (χ1) is 10.8. The smallest absolute Gasteiger partial charge is 0.422 e. The number of rotatable bonds is 5. The van der Waals surface area contributed by atoms with E-state index in [-0.39, 0.29) is 30.2 Å². The fraction of sp³-hybridized carbons (Fsp3) is 0.533. The van der Waals surface area contributed by atoms with Gasteiger partial charge in [0.25, 0.3) is 5.91 Å². The van der Waals surface area contributed by atoms with Crippen LogP contribution in [0.4, 0.5) is 18.9 Å². The maximum Gasteiger partial charge on any atom is 0.422 e. The predicted octanol–water partition coefficient (Wildman–Crippen LogP) is 2.80. The summed E-state index contributed by atoms with van der Waals surface area (Å²) in [6.07, 6.45) is -3.86. The molecule has 2 atom stereocenters. The van der Waals surface area contributed by atoms with Crippen LogP contribution >= 0.6 is 12.4 Å². The van der Waals surface area contributed by atoms with Crippen molar-refractivity contribution < 1.29 is 27.4 Å². The maximum absolute atomic E-state index is 12.2. The molecule has 1 fully saturated rings. The topological polar surface area (TPSA) is 73.6 Å². The minimum absolute atomic E-state index is 0. The van der Waals surface area contributed by atoms with E-state index < -0.39 is 18.9 Å². The van der Waals surface area contributed by atoms with Gasteiger partial charge in [0.1, 0.15) is 11.9 Å². The quantitative estimate of drug-likeness (QED) is 0.838. The van der Waals surface area contributed by atoms with Gasteiger partial charge >= 0.3 is 6.18 Å². The van der Waals surface area contributed by atoms with Crippen molar-refractivity contribution in [3.63, 3.8) is 0 Å². The highest BCUT2D eigenvalue weighted by Gasteiger charge is 2.31. The number of benzene rings is 1. The second-order valence-electron chi connectivity index (χ2n) is 5.38. The van der Waals surface area contributed by atoms with E-state index in [1.54, 1.807) is 13.0 Å². The molecule has 0 aromatic heterocycles. The summed E-state index contributed by atoms with van der Waals surface area (Å²) in [5, 5.41) is 2.67. The molecule has 1 saturated heterocycles. The Hall–Kier alpha value is -1.51. The summed E-state index contributed by atoms with van der Waals surface area (Å²) in [7, 11) is 0. The van der Waals surface area contributed by atoms with Gasteiger partial charge in [-0.25, -0.2) is 0 Å². The van der Waals surface area contributed by atoms with Gasteiger partial charge in [-0.15, -0.1) is 12.4 Å². The third-order valence-electron chi connectivity index (χ3n) is 3.60. The van der Waals surface area contributed by atoms with Crippen molar-refractivity contribution in [2.24, 2.45) is 5.73 Å². The van der Waals surface area contributed by atoms with Crippen LogP contribution in [0.15, 0.2) is 18.2 Å². The Labute approximate surface area is 144 Å². The van der Waals surface area contributed by atoms with Gasteiger partial charge in [-0.1, -0.05) is 6.07 Å². The summed E-state index contributed by atoms with van der Waals surface area (Å²) in [5.74, 6) is -0.260. The summed E-state index contributed by atoms with van der Waals surface area (Å²) < 4.78 is 47.0. The number of hydrogen-bond donors (Lipinski definition) is 2. The third-order valence-corrected chi connectivity index (χ3v) is 3.60. The molecule has 1 aromatic rings. The number of nitrogens with two attached hydrogens (primary N) is 1. The van der Waals surface area contributed by atoms with Crippen molar-refractivity contribution in [2.75, 3.05) is 18.5 Å². The number of carbonyl (C=O) groups excluding carboxylic acids is 1. The normalized spacial score (nSPS) is 20.4. The van der Waals surface area contributed by atoms with Crippen LogP contribution in [0, 0.1) is 6.92 Å². The molecule has 1 aromatic carbocycles. The molecule has 0 bridgehead atoms. The summed E-state index contributed by atoms with van der Waals surface area (Å²) in [4.78, 5) is 12.2. The van der Waals surface area contributed by atoms with Crippen molar-refractivity contribution in [3.8, 4) is 5.75 Å². The zero-order valence-electron chi connectivity index (χ0n) is 13.1. The molecule has 1 heterocycles. The second-order valence-corrected chi connectivity index (χ2v) is 5.38. The molecule has 3 N–H and O–H groups in total. The van der Waals surface area contributed by atoms with Crippen molar-refractivity contribution >= 4 is 24.0 Å². The number of carbonyl (C=O) groups is 1. The Morgan fingerprint density at radius 1 is 1.42 bits per heavy atom. The number of alkyl halides is 3. The fourth-order valence-corrected chi connectivity index (χ4v) is 2.35. The van der Waals surface area contributed by atoms with E-state index in [9.17, 15) is 18.0 Å². The average molecular weight is 369 g/mol. The van der Waals surface area contributed by atoms with Gasteiger partial charge in [-0.05, 0) is 31.9 Å². The van der Waals surface area contributed by atoms with Crippen LogP contribution in [0.2, 0.25) is 0 Å². The van der Waals surface area contributed by atoms with Crippen LogP contribution in [0.3, 0.4) is 0 Å². The molecule has 0 aliphatic carbocycles. The zero-order chi connectivity index (χ0) is 17.0. The van der Waals surface area contributed by atoms with E-state index in [0.29, 0.717) is 30.6 Å². The zero-order valence-corrected chi connectivity index (χ0v) is 13.9. The summed E-state index contributed by atoms with van der Waals surface area (Å²) in [6, 6.07) is 4.54. The Morgan fingerprint density at radius 2 is 2.12 bits per heavy atom. The Bertz CT molecular complexity index is 569. The van der Waals surface area contributed by atoms with Crippen LogP contribution in [-0.2, 0) is 9.53 Å². The van der Waals surface area contributed by atoms with Gasteiger partial charge in [0.2, 0.25) is 0 Å². The van der Waals surface area contributed by atoms with Gasteiger partial charge in [-0.2, -0.15) is 13.2 Å². The highest BCUT2D eigenvalue weighted by molar-refractivity contribution is 5.95. The molecule has 0 unspecified atom stereocenters. The largest absolute Gasteiger partial charge is 0.484 e. The number of halogens is 4. The lowest BCUT2D eigenvalue weighted by Gasteiger charge is -2.16. The summed E-state index contributed by atoms with van der Waals surface area (Å²) in [6.45, 7) is 0.554. The van der Waals surface area contributed by atoms with Gasteiger partial charge < -0.3 is 20.5 Å². The molecule has 0 saturated carbocycles. The van der Waals surface area contributed by atoms with E-state index in [2.05, 4.69) is 5.32 Å². The molecule has 0 spiro atoms. The third kappa shape index (κ3) is 5.54. The van der Waals surface area contributed by atoms with E-state index in [4.69, 9.17) is 15.2 Å². The fourth-order valence-electron chi connectivity index (χ4n) is 2.35. The highest BCUT2D eigenvalue weighted by Crippen LogP contribution is 2.28. The lowest BCUT2D eigenvalue weighted by Crippen LogP contribution is -2.30. The molecule has 9 heteroatoms. The first kappa shape index (κ1) is 20.5. The molecular weight excluding hydrogens is 349 g/mol. The Balaban J connectivity index is 0.00000288. The minimum Gasteiger partial charge on any atom is -0.484 e. The first-order valence-electron chi connectivity index (χ1n) is 7.25. The molecule has 1 aliphatic heterocycles. The minimum atomic E-state index is -4.42. The van der Waals surface area contributed by atoms with Crippen molar-refractivity contribution in [1.82, 2.24) is 0 Å². The summed E-state index contributed by atoms with van der Waals surface area (Å²) >= 11 is 0. The van der Waals surface area contributed by atoms with Crippen LogP contribution in [0.25, 0.3) is 0 Å². The SMILES string of the molecule is Cc1c(NC(=O)[C@@H]2CC[C@H](CN)O2)cccc1OCC(F)(F)F.Cl. The highest BCUT2D eigenvalue weighted by atomic mass is 35.5. The number of amides is 1. The number of nitrogens with one attached hydrogen (secondary N) is 1. The van der Waals surface area contributed by atoms with E-state index in [1.807, 2.05) is 0 Å². The average Bonchev–Trinajstić information content (AvgIpc) is 2.96. The predicted molar refractivity (Wildman–Crippen MR) is 85.6 cm³/mol. The Kier molecular flexibility index (Phi) is 7.31.